The molecule has 0 bridgehead atoms. The van der Waals surface area contributed by atoms with Crippen molar-refractivity contribution in [2.45, 2.75) is 39.2 Å². The monoisotopic (exact) mass is 178 g/mol. The van der Waals surface area contributed by atoms with Crippen LogP contribution in [0.3, 0.4) is 0 Å². The molecule has 1 N–H and O–H groups in total. The van der Waals surface area contributed by atoms with E-state index in [0.29, 0.717) is 0 Å². The molecule has 1 atom stereocenters. The molecule has 70 valence electrons. The zero-order chi connectivity index (χ0) is 9.19. The largest absolute Gasteiger partial charge is 1.00 e. The van der Waals surface area contributed by atoms with E-state index in [2.05, 4.69) is 0 Å². The first-order valence-corrected chi connectivity index (χ1v) is 4.41. The number of hydrogen-bond acceptors (Lipinski definition) is 2. The number of quaternary nitrogens is 1. The van der Waals surface area contributed by atoms with Crippen LogP contribution < -0.4 is 23.8 Å². The molecule has 1 saturated heterocycles. The average molecular weight is 178 g/mol. The third-order valence-corrected chi connectivity index (χ3v) is 1.70. The number of alkyl carbamates (subject to hydrolysis) is 2. The van der Waals surface area contributed by atoms with Crippen LogP contribution >= 0.6 is 0 Å². The van der Waals surface area contributed by atoms with Crippen molar-refractivity contribution in [2.24, 2.45) is 0 Å². The van der Waals surface area contributed by atoms with Crippen molar-refractivity contribution < 1.29 is 33.3 Å². The Labute approximate surface area is 92.0 Å². The van der Waals surface area contributed by atoms with Crippen molar-refractivity contribution in [2.75, 3.05) is 6.54 Å². The van der Waals surface area contributed by atoms with Crippen LogP contribution in [0.25, 0.3) is 0 Å². The first kappa shape index (κ1) is 13.0. The molecule has 1 aliphatic rings. The fourth-order valence-corrected chi connectivity index (χ4v) is 1.20. The summed E-state index contributed by atoms with van der Waals surface area (Å²) in [6.07, 6.45) is 1.98. The van der Waals surface area contributed by atoms with Gasteiger partial charge in [0.1, 0.15) is 5.60 Å². The molecule has 0 saturated carbocycles. The van der Waals surface area contributed by atoms with Gasteiger partial charge >= 0.3 is 25.0 Å². The first-order chi connectivity index (χ1) is 5.49. The van der Waals surface area contributed by atoms with Crippen molar-refractivity contribution in [1.29, 1.82) is 0 Å². The Kier molecular flexibility index (Phi) is 5.06. The number of ether oxygens (including phenoxy) is 1. The molecule has 1 fully saturated rings. The van der Waals surface area contributed by atoms with Crippen LogP contribution in [0.4, 0.5) is 4.79 Å². The molecule has 1 rings (SSSR count). The number of hydrogen-bond donors (Lipinski definition) is 1. The van der Waals surface area contributed by atoms with E-state index < -0.39 is 0 Å². The second-order valence-electron chi connectivity index (χ2n) is 4.12. The summed E-state index contributed by atoms with van der Waals surface area (Å²) >= 11 is 0. The van der Waals surface area contributed by atoms with Crippen LogP contribution in [0.2, 0.25) is 0 Å². The molecular formula is C9H17LiNO2+. The van der Waals surface area contributed by atoms with Crippen molar-refractivity contribution in [1.82, 2.24) is 0 Å². The van der Waals surface area contributed by atoms with E-state index in [0.717, 1.165) is 24.3 Å². The number of amides is 1. The van der Waals surface area contributed by atoms with E-state index in [1.54, 1.807) is 0 Å². The van der Waals surface area contributed by atoms with Crippen molar-refractivity contribution in [3.8, 4) is 0 Å². The number of nitrogens with one attached hydrogen (secondary N) is 1. The Morgan fingerprint density at radius 2 is 2.08 bits per heavy atom. The topological polar surface area (TPSA) is 30.7 Å². The Morgan fingerprint density at radius 1 is 1.46 bits per heavy atom. The smallest absolute Gasteiger partial charge is 0.416 e. The number of carbonyl (C=O) groups excluding carboxylic acids is 1. The quantitative estimate of drug-likeness (QED) is 0.336. The van der Waals surface area contributed by atoms with Gasteiger partial charge in [-0.05, 0) is 27.2 Å². The maximum absolute atomic E-state index is 11.4. The van der Waals surface area contributed by atoms with E-state index in [-0.39, 0.29) is 30.6 Å². The fourth-order valence-electron chi connectivity index (χ4n) is 1.20. The summed E-state index contributed by atoms with van der Waals surface area (Å²) in [4.78, 5) is 12.2. The molecule has 1 aliphatic heterocycles. The molecular weight excluding hydrogens is 161 g/mol. The summed E-state index contributed by atoms with van der Waals surface area (Å²) in [7, 11) is 0. The standard InChI is InChI=1S/C9H17NO2.Li/c1-9(2,3)12-8(11)10-6-4-5-7-10;/h6,10H,4-5,7H2,1-3H3;/q;+1. The maximum Gasteiger partial charge on any atom is 1.00 e. The Hall–Kier alpha value is 0.0274. The predicted octanol–water partition coefficient (Wildman–Crippen LogP) is -2.23. The fraction of sp³-hybridized carbons (Fsp3) is 0.778. The summed E-state index contributed by atoms with van der Waals surface area (Å²) in [5.41, 5.74) is -0.361. The van der Waals surface area contributed by atoms with E-state index in [4.69, 9.17) is 4.74 Å². The van der Waals surface area contributed by atoms with Gasteiger partial charge in [-0.2, -0.15) is 4.79 Å². The minimum atomic E-state index is -0.361. The van der Waals surface area contributed by atoms with Crippen LogP contribution in [0, 0.1) is 6.54 Å². The molecule has 0 aliphatic carbocycles. The minimum absolute atomic E-state index is 0. The van der Waals surface area contributed by atoms with Gasteiger partial charge in [-0.1, -0.05) is 0 Å². The maximum atomic E-state index is 11.4. The molecule has 0 spiro atoms. The van der Waals surface area contributed by atoms with Crippen LogP contribution in [0.1, 0.15) is 33.6 Å². The molecule has 0 radical (unpaired) electrons. The van der Waals surface area contributed by atoms with Crippen molar-refractivity contribution in [3.05, 3.63) is 6.54 Å². The normalized spacial score (nSPS) is 22.2. The van der Waals surface area contributed by atoms with Crippen molar-refractivity contribution in [3.63, 3.8) is 0 Å². The van der Waals surface area contributed by atoms with Crippen LogP contribution in [0.5, 0.6) is 0 Å². The summed E-state index contributed by atoms with van der Waals surface area (Å²) < 4.78 is 5.21. The molecule has 3 nitrogen and oxygen atoms in total. The third kappa shape index (κ3) is 4.71. The second-order valence-corrected chi connectivity index (χ2v) is 4.12. The summed E-state index contributed by atoms with van der Waals surface area (Å²) in [5, 5.41) is 0. The summed E-state index contributed by atoms with van der Waals surface area (Å²) in [5.74, 6) is 0. The van der Waals surface area contributed by atoms with E-state index in [9.17, 15) is 4.79 Å². The molecule has 1 unspecified atom stereocenters. The van der Waals surface area contributed by atoms with E-state index in [1.807, 2.05) is 27.3 Å². The molecule has 1 heterocycles. The van der Waals surface area contributed by atoms with Gasteiger partial charge in [-0.25, -0.2) is 0 Å². The summed E-state index contributed by atoms with van der Waals surface area (Å²) in [6, 6.07) is 0. The third-order valence-electron chi connectivity index (χ3n) is 1.70. The SMILES string of the molecule is CC(C)(C)OC(=O)[NH+]1[CH-]CCC1.[Li+]. The molecule has 0 aromatic carbocycles. The Bertz CT molecular complexity index is 171. The Morgan fingerprint density at radius 3 is 2.46 bits per heavy atom. The first-order valence-electron chi connectivity index (χ1n) is 4.41. The molecule has 1 amide bonds. The second kappa shape index (κ2) is 5.04. The van der Waals surface area contributed by atoms with Crippen LogP contribution in [-0.4, -0.2) is 18.2 Å². The van der Waals surface area contributed by atoms with Crippen molar-refractivity contribution >= 4 is 6.09 Å². The zero-order valence-corrected chi connectivity index (χ0v) is 9.02. The van der Waals surface area contributed by atoms with E-state index in [1.165, 1.54) is 0 Å². The van der Waals surface area contributed by atoms with Crippen LogP contribution in [0.15, 0.2) is 0 Å². The van der Waals surface area contributed by atoms with Gasteiger partial charge in [0, 0.05) is 0 Å². The van der Waals surface area contributed by atoms with Gasteiger partial charge in [0.25, 0.3) is 0 Å². The molecule has 0 aromatic rings. The predicted molar refractivity (Wildman–Crippen MR) is 45.6 cm³/mol. The molecule has 13 heavy (non-hydrogen) atoms. The summed E-state index contributed by atoms with van der Waals surface area (Å²) in [6.45, 7) is 8.53. The molecule has 0 aromatic heterocycles. The number of carbonyl (C=O) groups is 1. The van der Waals surface area contributed by atoms with E-state index >= 15 is 0 Å². The van der Waals surface area contributed by atoms with Gasteiger partial charge in [-0.15, -0.1) is 13.0 Å². The van der Waals surface area contributed by atoms with Gasteiger partial charge in [0.05, 0.1) is 6.54 Å². The number of rotatable bonds is 0. The average Bonchev–Trinajstić information content (AvgIpc) is 2.32. The van der Waals surface area contributed by atoms with Gasteiger partial charge in [0.15, 0.2) is 0 Å². The minimum Gasteiger partial charge on any atom is -0.416 e. The number of likely N-dealkylation sites (tertiary alicyclic amines) is 1. The van der Waals surface area contributed by atoms with Gasteiger partial charge < -0.3 is 9.64 Å². The van der Waals surface area contributed by atoms with Gasteiger partial charge in [-0.3, -0.25) is 0 Å². The van der Waals surface area contributed by atoms with Gasteiger partial charge in [0.2, 0.25) is 0 Å². The zero-order valence-electron chi connectivity index (χ0n) is 9.02. The molecule has 4 heteroatoms. The Balaban J connectivity index is 0.00000144. The van der Waals surface area contributed by atoms with Crippen LogP contribution in [-0.2, 0) is 4.74 Å².